The number of anilines is 1. The van der Waals surface area contributed by atoms with E-state index in [-0.39, 0.29) is 12.2 Å². The van der Waals surface area contributed by atoms with Gasteiger partial charge in [-0.3, -0.25) is 0 Å². The van der Waals surface area contributed by atoms with Gasteiger partial charge in [0.2, 0.25) is 0 Å². The van der Waals surface area contributed by atoms with E-state index in [0.717, 1.165) is 11.6 Å². The molecule has 0 heterocycles. The van der Waals surface area contributed by atoms with Crippen molar-refractivity contribution in [3.05, 3.63) is 59.2 Å². The number of hydrogen-bond donors (Lipinski definition) is 2. The number of aliphatic hydroxyl groups excluding tert-OH is 1. The number of nitrogens with one attached hydrogen (secondary N) is 1. The van der Waals surface area contributed by atoms with Gasteiger partial charge in [0.15, 0.2) is 11.6 Å². The summed E-state index contributed by atoms with van der Waals surface area (Å²) < 4.78 is 31.8. The Morgan fingerprint density at radius 3 is 2.71 bits per heavy atom. The summed E-state index contributed by atoms with van der Waals surface area (Å²) in [6.45, 7) is 1.94. The van der Waals surface area contributed by atoms with Crippen molar-refractivity contribution in [1.82, 2.24) is 0 Å². The average molecular weight is 293 g/mol. The van der Waals surface area contributed by atoms with Crippen LogP contribution in [-0.2, 0) is 0 Å². The van der Waals surface area contributed by atoms with Crippen LogP contribution in [0.1, 0.15) is 17.2 Å². The first kappa shape index (κ1) is 15.3. The zero-order valence-electron chi connectivity index (χ0n) is 11.9. The minimum absolute atomic E-state index is 0.0145. The van der Waals surface area contributed by atoms with Crippen molar-refractivity contribution in [3.8, 4) is 5.75 Å². The SMILES string of the molecule is COc1ccc(C)cc1C(O)CNc1cccc(F)c1F. The summed E-state index contributed by atoms with van der Waals surface area (Å²) in [5.74, 6) is -1.34. The Bertz CT molecular complexity index is 632. The second-order valence-electron chi connectivity index (χ2n) is 4.74. The van der Waals surface area contributed by atoms with Crippen LogP contribution in [0.4, 0.5) is 14.5 Å². The third-order valence-electron chi connectivity index (χ3n) is 3.18. The molecular weight excluding hydrogens is 276 g/mol. The van der Waals surface area contributed by atoms with Gasteiger partial charge >= 0.3 is 0 Å². The minimum Gasteiger partial charge on any atom is -0.496 e. The summed E-state index contributed by atoms with van der Waals surface area (Å²) in [5.41, 5.74) is 1.59. The third kappa shape index (κ3) is 3.49. The van der Waals surface area contributed by atoms with Gasteiger partial charge in [-0.1, -0.05) is 17.7 Å². The number of aryl methyl sites for hydroxylation is 1. The lowest BCUT2D eigenvalue weighted by molar-refractivity contribution is 0.186. The van der Waals surface area contributed by atoms with Crippen LogP contribution in [0.3, 0.4) is 0 Å². The number of hydrogen-bond acceptors (Lipinski definition) is 3. The first-order valence-corrected chi connectivity index (χ1v) is 6.53. The molecule has 0 aliphatic rings. The number of methoxy groups -OCH3 is 1. The van der Waals surface area contributed by atoms with E-state index in [1.54, 1.807) is 12.1 Å². The van der Waals surface area contributed by atoms with E-state index >= 15 is 0 Å². The third-order valence-corrected chi connectivity index (χ3v) is 3.18. The van der Waals surface area contributed by atoms with Crippen LogP contribution in [0.25, 0.3) is 0 Å². The van der Waals surface area contributed by atoms with Gasteiger partial charge in [-0.25, -0.2) is 8.78 Å². The van der Waals surface area contributed by atoms with E-state index < -0.39 is 17.7 Å². The Balaban J connectivity index is 2.13. The maximum atomic E-state index is 13.5. The number of halogens is 2. The molecular formula is C16H17F2NO2. The van der Waals surface area contributed by atoms with Gasteiger partial charge in [-0.2, -0.15) is 0 Å². The Hall–Kier alpha value is -2.14. The lowest BCUT2D eigenvalue weighted by Gasteiger charge is -2.17. The standard InChI is InChI=1S/C16H17F2NO2/c1-10-6-7-15(21-2)11(8-10)14(20)9-19-13-5-3-4-12(17)16(13)18/h3-8,14,19-20H,9H2,1-2H3. The predicted octanol–water partition coefficient (Wildman–Crippen LogP) is 3.43. The van der Waals surface area contributed by atoms with Crippen LogP contribution in [0, 0.1) is 18.6 Å². The highest BCUT2D eigenvalue weighted by Gasteiger charge is 2.15. The highest BCUT2D eigenvalue weighted by molar-refractivity contribution is 5.46. The van der Waals surface area contributed by atoms with Crippen LogP contribution in [-0.4, -0.2) is 18.8 Å². The molecule has 2 aromatic rings. The molecule has 5 heteroatoms. The molecule has 112 valence electrons. The molecule has 21 heavy (non-hydrogen) atoms. The first-order chi connectivity index (χ1) is 10.0. The van der Waals surface area contributed by atoms with Gasteiger partial charge < -0.3 is 15.2 Å². The summed E-state index contributed by atoms with van der Waals surface area (Å²) >= 11 is 0. The monoisotopic (exact) mass is 293 g/mol. The normalized spacial score (nSPS) is 12.0. The largest absolute Gasteiger partial charge is 0.496 e. The van der Waals surface area contributed by atoms with Crippen molar-refractivity contribution >= 4 is 5.69 Å². The summed E-state index contributed by atoms with van der Waals surface area (Å²) in [4.78, 5) is 0. The summed E-state index contributed by atoms with van der Waals surface area (Å²) in [7, 11) is 1.51. The topological polar surface area (TPSA) is 41.5 Å². The van der Waals surface area contributed by atoms with Crippen molar-refractivity contribution < 1.29 is 18.6 Å². The zero-order chi connectivity index (χ0) is 15.4. The molecule has 3 nitrogen and oxygen atoms in total. The number of ether oxygens (including phenoxy) is 1. The fourth-order valence-corrected chi connectivity index (χ4v) is 2.07. The van der Waals surface area contributed by atoms with Crippen molar-refractivity contribution in [2.75, 3.05) is 19.0 Å². The fourth-order valence-electron chi connectivity index (χ4n) is 2.07. The van der Waals surface area contributed by atoms with E-state index in [2.05, 4.69) is 5.32 Å². The summed E-state index contributed by atoms with van der Waals surface area (Å²) in [6, 6.07) is 9.29. The molecule has 0 aliphatic heterocycles. The van der Waals surface area contributed by atoms with E-state index in [4.69, 9.17) is 4.74 Å². The molecule has 0 saturated carbocycles. The molecule has 1 unspecified atom stereocenters. The maximum absolute atomic E-state index is 13.5. The van der Waals surface area contributed by atoms with Crippen LogP contribution >= 0.6 is 0 Å². The molecule has 2 N–H and O–H groups in total. The van der Waals surface area contributed by atoms with Gasteiger partial charge in [-0.15, -0.1) is 0 Å². The molecule has 1 atom stereocenters. The number of rotatable bonds is 5. The van der Waals surface area contributed by atoms with Crippen LogP contribution in [0.15, 0.2) is 36.4 Å². The van der Waals surface area contributed by atoms with Crippen molar-refractivity contribution in [2.45, 2.75) is 13.0 Å². The quantitative estimate of drug-likeness (QED) is 0.887. The summed E-state index contributed by atoms with van der Waals surface area (Å²) in [5, 5.41) is 12.9. The molecule has 0 spiro atoms. The van der Waals surface area contributed by atoms with Gasteiger partial charge in [0.1, 0.15) is 5.75 Å². The molecule has 0 fully saturated rings. The van der Waals surface area contributed by atoms with Crippen molar-refractivity contribution in [2.24, 2.45) is 0 Å². The molecule has 0 bridgehead atoms. The summed E-state index contributed by atoms with van der Waals surface area (Å²) in [6.07, 6.45) is -0.900. The second-order valence-corrected chi connectivity index (χ2v) is 4.74. The molecule has 0 saturated heterocycles. The number of aliphatic hydroxyl groups is 1. The fraction of sp³-hybridized carbons (Fsp3) is 0.250. The zero-order valence-corrected chi connectivity index (χ0v) is 11.9. The smallest absolute Gasteiger partial charge is 0.181 e. The first-order valence-electron chi connectivity index (χ1n) is 6.53. The van der Waals surface area contributed by atoms with Crippen LogP contribution in [0.2, 0.25) is 0 Å². The Labute approximate surface area is 122 Å². The Morgan fingerprint density at radius 1 is 1.24 bits per heavy atom. The number of benzene rings is 2. The van der Waals surface area contributed by atoms with Crippen LogP contribution < -0.4 is 10.1 Å². The van der Waals surface area contributed by atoms with Crippen LogP contribution in [0.5, 0.6) is 5.75 Å². The van der Waals surface area contributed by atoms with E-state index in [0.29, 0.717) is 11.3 Å². The van der Waals surface area contributed by atoms with E-state index in [1.165, 1.54) is 19.2 Å². The molecule has 0 amide bonds. The second kappa shape index (κ2) is 6.54. The molecule has 2 aromatic carbocycles. The van der Waals surface area contributed by atoms with Gasteiger partial charge in [0, 0.05) is 12.1 Å². The Morgan fingerprint density at radius 2 is 2.00 bits per heavy atom. The maximum Gasteiger partial charge on any atom is 0.181 e. The molecule has 0 aliphatic carbocycles. The van der Waals surface area contributed by atoms with Crippen molar-refractivity contribution in [3.63, 3.8) is 0 Å². The molecule has 2 rings (SSSR count). The van der Waals surface area contributed by atoms with E-state index in [1.807, 2.05) is 13.0 Å². The highest BCUT2D eigenvalue weighted by atomic mass is 19.2. The van der Waals surface area contributed by atoms with E-state index in [9.17, 15) is 13.9 Å². The van der Waals surface area contributed by atoms with Crippen molar-refractivity contribution in [1.29, 1.82) is 0 Å². The van der Waals surface area contributed by atoms with Gasteiger partial charge in [0.25, 0.3) is 0 Å². The van der Waals surface area contributed by atoms with Gasteiger partial charge in [-0.05, 0) is 31.2 Å². The average Bonchev–Trinajstić information content (AvgIpc) is 2.48. The lowest BCUT2D eigenvalue weighted by atomic mass is 10.0. The predicted molar refractivity (Wildman–Crippen MR) is 77.5 cm³/mol. The van der Waals surface area contributed by atoms with Gasteiger partial charge in [0.05, 0.1) is 18.9 Å². The molecule has 0 aromatic heterocycles. The lowest BCUT2D eigenvalue weighted by Crippen LogP contribution is -2.14. The highest BCUT2D eigenvalue weighted by Crippen LogP contribution is 2.27. The minimum atomic E-state index is -0.957. The Kier molecular flexibility index (Phi) is 4.75. The molecule has 0 radical (unpaired) electrons.